The second-order valence-corrected chi connectivity index (χ2v) is 3.30. The largest absolute Gasteiger partial charge is 0.481 e. The van der Waals surface area contributed by atoms with E-state index in [-0.39, 0.29) is 0 Å². The third kappa shape index (κ3) is 3.32. The summed E-state index contributed by atoms with van der Waals surface area (Å²) >= 11 is 0. The van der Waals surface area contributed by atoms with Crippen LogP contribution in [0.5, 0.6) is 0 Å². The average molecular weight is 205 g/mol. The van der Waals surface area contributed by atoms with Crippen LogP contribution in [0.4, 0.5) is 5.69 Å². The first-order chi connectivity index (χ1) is 7.13. The molecule has 0 bridgehead atoms. The molecule has 5 heteroatoms. The lowest BCUT2D eigenvalue weighted by atomic mass is 10.0. The first-order valence-electron chi connectivity index (χ1n) is 4.50. The van der Waals surface area contributed by atoms with E-state index in [4.69, 9.17) is 10.6 Å². The van der Waals surface area contributed by atoms with Crippen molar-refractivity contribution in [1.29, 1.82) is 0 Å². The highest BCUT2D eigenvalue weighted by Crippen LogP contribution is 2.15. The molecule has 0 radical (unpaired) electrons. The van der Waals surface area contributed by atoms with Crippen molar-refractivity contribution in [2.75, 3.05) is 0 Å². The number of hydrogen-bond donors (Lipinski definition) is 1. The van der Waals surface area contributed by atoms with Crippen LogP contribution in [0.25, 0.3) is 10.4 Å². The molecule has 78 valence electrons. The Balaban J connectivity index is 2.72. The van der Waals surface area contributed by atoms with E-state index < -0.39 is 11.9 Å². The first kappa shape index (κ1) is 11.1. The summed E-state index contributed by atoms with van der Waals surface area (Å²) in [6, 6.07) is 6.88. The van der Waals surface area contributed by atoms with Gasteiger partial charge in [0.15, 0.2) is 0 Å². The van der Waals surface area contributed by atoms with E-state index in [0.717, 1.165) is 5.56 Å². The monoisotopic (exact) mass is 205 g/mol. The SMILES string of the molecule is C[C@@H](Cc1ccc(N=[N+]=[N-])cc1)C(=O)O. The summed E-state index contributed by atoms with van der Waals surface area (Å²) in [6.45, 7) is 1.66. The zero-order chi connectivity index (χ0) is 11.3. The Morgan fingerprint density at radius 2 is 2.13 bits per heavy atom. The maximum atomic E-state index is 10.6. The zero-order valence-electron chi connectivity index (χ0n) is 8.29. The van der Waals surface area contributed by atoms with Crippen LogP contribution in [0.15, 0.2) is 29.4 Å². The molecule has 1 aromatic carbocycles. The Kier molecular flexibility index (Phi) is 3.71. The molecule has 0 aliphatic rings. The van der Waals surface area contributed by atoms with Gasteiger partial charge >= 0.3 is 5.97 Å². The highest BCUT2D eigenvalue weighted by atomic mass is 16.4. The topological polar surface area (TPSA) is 86.1 Å². The number of hydrogen-bond acceptors (Lipinski definition) is 2. The van der Waals surface area contributed by atoms with Gasteiger partial charge in [0.2, 0.25) is 0 Å². The number of rotatable bonds is 4. The van der Waals surface area contributed by atoms with Gasteiger partial charge in [-0.2, -0.15) is 0 Å². The Hall–Kier alpha value is -2.00. The summed E-state index contributed by atoms with van der Waals surface area (Å²) in [5.41, 5.74) is 9.64. The van der Waals surface area contributed by atoms with Gasteiger partial charge in [0.25, 0.3) is 0 Å². The third-order valence-corrected chi connectivity index (χ3v) is 2.06. The van der Waals surface area contributed by atoms with Crippen LogP contribution in [-0.4, -0.2) is 11.1 Å². The Morgan fingerprint density at radius 1 is 1.53 bits per heavy atom. The van der Waals surface area contributed by atoms with E-state index in [0.29, 0.717) is 12.1 Å². The van der Waals surface area contributed by atoms with Gasteiger partial charge in [0, 0.05) is 10.6 Å². The van der Waals surface area contributed by atoms with Crippen LogP contribution in [-0.2, 0) is 11.2 Å². The maximum absolute atomic E-state index is 10.6. The predicted octanol–water partition coefficient (Wildman–Crippen LogP) is 2.89. The molecule has 0 spiro atoms. The Morgan fingerprint density at radius 3 is 2.60 bits per heavy atom. The molecule has 0 amide bonds. The van der Waals surface area contributed by atoms with Crippen molar-refractivity contribution < 1.29 is 9.90 Å². The molecule has 0 fully saturated rings. The molecule has 1 rings (SSSR count). The van der Waals surface area contributed by atoms with Crippen LogP contribution >= 0.6 is 0 Å². The van der Waals surface area contributed by atoms with Crippen molar-refractivity contribution in [3.63, 3.8) is 0 Å². The molecule has 15 heavy (non-hydrogen) atoms. The second-order valence-electron chi connectivity index (χ2n) is 3.30. The normalized spacial score (nSPS) is 11.5. The van der Waals surface area contributed by atoms with Crippen molar-refractivity contribution in [3.05, 3.63) is 40.3 Å². The third-order valence-electron chi connectivity index (χ3n) is 2.06. The molecule has 1 N–H and O–H groups in total. The highest BCUT2D eigenvalue weighted by molar-refractivity contribution is 5.69. The molecule has 5 nitrogen and oxygen atoms in total. The lowest BCUT2D eigenvalue weighted by molar-refractivity contribution is -0.141. The Labute approximate surface area is 87.0 Å². The molecule has 0 aromatic heterocycles. The minimum Gasteiger partial charge on any atom is -0.481 e. The molecule has 0 saturated carbocycles. The quantitative estimate of drug-likeness (QED) is 0.465. The summed E-state index contributed by atoms with van der Waals surface area (Å²) in [6.07, 6.45) is 0.478. The molecule has 0 aliphatic carbocycles. The highest BCUT2D eigenvalue weighted by Gasteiger charge is 2.10. The summed E-state index contributed by atoms with van der Waals surface area (Å²) in [4.78, 5) is 13.3. The van der Waals surface area contributed by atoms with E-state index in [2.05, 4.69) is 10.0 Å². The van der Waals surface area contributed by atoms with Crippen molar-refractivity contribution in [2.24, 2.45) is 11.0 Å². The summed E-state index contributed by atoms with van der Waals surface area (Å²) in [7, 11) is 0. The van der Waals surface area contributed by atoms with Crippen LogP contribution in [0.2, 0.25) is 0 Å². The van der Waals surface area contributed by atoms with Crippen LogP contribution in [0.1, 0.15) is 12.5 Å². The van der Waals surface area contributed by atoms with Gasteiger partial charge in [-0.15, -0.1) is 0 Å². The van der Waals surface area contributed by atoms with E-state index in [9.17, 15) is 4.79 Å². The van der Waals surface area contributed by atoms with Crippen molar-refractivity contribution in [3.8, 4) is 0 Å². The molecule has 1 atom stereocenters. The fourth-order valence-electron chi connectivity index (χ4n) is 1.19. The molecule has 0 unspecified atom stereocenters. The molecule has 1 aromatic rings. The fraction of sp³-hybridized carbons (Fsp3) is 0.300. The number of carbonyl (C=O) groups is 1. The van der Waals surface area contributed by atoms with Gasteiger partial charge < -0.3 is 5.11 Å². The number of carboxylic acids is 1. The smallest absolute Gasteiger partial charge is 0.306 e. The standard InChI is InChI=1S/C10H11N3O2/c1-7(10(14)15)6-8-2-4-9(5-3-8)12-13-11/h2-5,7H,6H2,1H3,(H,14,15)/t7-/m0/s1. The maximum Gasteiger partial charge on any atom is 0.306 e. The number of benzene rings is 1. The van der Waals surface area contributed by atoms with Crippen molar-refractivity contribution in [2.45, 2.75) is 13.3 Å². The minimum atomic E-state index is -0.811. The minimum absolute atomic E-state index is 0.407. The van der Waals surface area contributed by atoms with Crippen molar-refractivity contribution in [1.82, 2.24) is 0 Å². The number of aliphatic carboxylic acids is 1. The van der Waals surface area contributed by atoms with E-state index in [1.807, 2.05) is 0 Å². The average Bonchev–Trinajstić information content (AvgIpc) is 2.21. The zero-order valence-corrected chi connectivity index (χ0v) is 8.29. The van der Waals surface area contributed by atoms with E-state index in [1.165, 1.54) is 0 Å². The van der Waals surface area contributed by atoms with Gasteiger partial charge in [-0.1, -0.05) is 36.3 Å². The molecular weight excluding hydrogens is 194 g/mol. The number of nitrogens with zero attached hydrogens (tertiary/aromatic N) is 3. The van der Waals surface area contributed by atoms with E-state index >= 15 is 0 Å². The lowest BCUT2D eigenvalue weighted by Crippen LogP contribution is -2.11. The van der Waals surface area contributed by atoms with Crippen LogP contribution in [0.3, 0.4) is 0 Å². The van der Waals surface area contributed by atoms with Gasteiger partial charge in [-0.25, -0.2) is 0 Å². The van der Waals surface area contributed by atoms with Gasteiger partial charge in [-0.3, -0.25) is 4.79 Å². The molecular formula is C10H11N3O2. The van der Waals surface area contributed by atoms with Crippen LogP contribution in [0, 0.1) is 5.92 Å². The second kappa shape index (κ2) is 5.02. The molecule has 0 heterocycles. The summed E-state index contributed by atoms with van der Waals surface area (Å²) in [5.74, 6) is -1.22. The molecule has 0 aliphatic heterocycles. The fourth-order valence-corrected chi connectivity index (χ4v) is 1.19. The van der Waals surface area contributed by atoms with Gasteiger partial charge in [0.05, 0.1) is 5.92 Å². The van der Waals surface area contributed by atoms with Crippen LogP contribution < -0.4 is 0 Å². The first-order valence-corrected chi connectivity index (χ1v) is 4.50. The number of carboxylic acid groups (broad SMARTS) is 1. The predicted molar refractivity (Wildman–Crippen MR) is 55.8 cm³/mol. The summed E-state index contributed by atoms with van der Waals surface area (Å²) < 4.78 is 0. The van der Waals surface area contributed by atoms with E-state index in [1.54, 1.807) is 31.2 Å². The lowest BCUT2D eigenvalue weighted by Gasteiger charge is -2.05. The van der Waals surface area contributed by atoms with Gasteiger partial charge in [-0.05, 0) is 17.5 Å². The molecule has 0 saturated heterocycles. The Bertz CT molecular complexity index is 394. The number of azide groups is 1. The summed E-state index contributed by atoms with van der Waals surface area (Å²) in [5, 5.41) is 12.1. The van der Waals surface area contributed by atoms with Crippen molar-refractivity contribution >= 4 is 11.7 Å². The van der Waals surface area contributed by atoms with Gasteiger partial charge in [0.1, 0.15) is 0 Å².